The van der Waals surface area contributed by atoms with Crippen molar-refractivity contribution in [1.82, 2.24) is 20.2 Å². The SMILES string of the molecule is COc1ccc(CSc2nnc(-c3cnc(C)nc3N)s2)cc1. The molecular weight excluding hydrogens is 330 g/mol. The minimum absolute atomic E-state index is 0.431. The van der Waals surface area contributed by atoms with E-state index in [-0.39, 0.29) is 0 Å². The third-order valence-corrected chi connectivity index (χ3v) is 5.26. The third-order valence-electron chi connectivity index (χ3n) is 3.10. The highest BCUT2D eigenvalue weighted by molar-refractivity contribution is 8.00. The number of benzene rings is 1. The first kappa shape index (κ1) is 15.7. The molecule has 0 aliphatic heterocycles. The molecule has 0 unspecified atom stereocenters. The fraction of sp³-hybridized carbons (Fsp3) is 0.200. The van der Waals surface area contributed by atoms with Crippen molar-refractivity contribution in [1.29, 1.82) is 0 Å². The number of rotatable bonds is 5. The van der Waals surface area contributed by atoms with Crippen LogP contribution in [0.4, 0.5) is 5.82 Å². The first-order valence-corrected chi connectivity index (χ1v) is 8.64. The Hall–Kier alpha value is -2.19. The van der Waals surface area contributed by atoms with Crippen molar-refractivity contribution in [2.75, 3.05) is 12.8 Å². The van der Waals surface area contributed by atoms with Crippen molar-refractivity contribution in [3.8, 4) is 16.3 Å². The maximum Gasteiger partial charge on any atom is 0.174 e. The molecule has 0 amide bonds. The lowest BCUT2D eigenvalue weighted by atomic mass is 10.2. The fourth-order valence-corrected chi connectivity index (χ4v) is 3.72. The molecule has 3 aromatic rings. The lowest BCUT2D eigenvalue weighted by Crippen LogP contribution is -1.97. The van der Waals surface area contributed by atoms with E-state index in [1.165, 1.54) is 16.9 Å². The largest absolute Gasteiger partial charge is 0.497 e. The van der Waals surface area contributed by atoms with Gasteiger partial charge in [0.15, 0.2) is 9.35 Å². The molecule has 0 fully saturated rings. The molecule has 2 N–H and O–H groups in total. The summed E-state index contributed by atoms with van der Waals surface area (Å²) in [5.41, 5.74) is 7.85. The van der Waals surface area contributed by atoms with Crippen molar-refractivity contribution in [3.05, 3.63) is 41.9 Å². The van der Waals surface area contributed by atoms with Crippen LogP contribution in [0.3, 0.4) is 0 Å². The minimum Gasteiger partial charge on any atom is -0.497 e. The molecule has 0 saturated heterocycles. The van der Waals surface area contributed by atoms with E-state index in [1.807, 2.05) is 24.3 Å². The van der Waals surface area contributed by atoms with Crippen LogP contribution in [-0.2, 0) is 5.75 Å². The van der Waals surface area contributed by atoms with Crippen molar-refractivity contribution in [2.24, 2.45) is 0 Å². The Kier molecular flexibility index (Phi) is 4.73. The predicted octanol–water partition coefficient (Wildman–Crippen LogP) is 3.19. The number of ether oxygens (including phenoxy) is 1. The molecule has 1 aromatic carbocycles. The van der Waals surface area contributed by atoms with Gasteiger partial charge in [-0.05, 0) is 24.6 Å². The number of thioether (sulfide) groups is 1. The highest BCUT2D eigenvalue weighted by Crippen LogP contribution is 2.32. The molecule has 8 heteroatoms. The topological polar surface area (TPSA) is 86.8 Å². The Balaban J connectivity index is 1.69. The van der Waals surface area contributed by atoms with Crippen LogP contribution in [0.5, 0.6) is 5.75 Å². The molecule has 118 valence electrons. The van der Waals surface area contributed by atoms with Gasteiger partial charge >= 0.3 is 0 Å². The van der Waals surface area contributed by atoms with Crippen LogP contribution in [0, 0.1) is 6.92 Å². The van der Waals surface area contributed by atoms with Gasteiger partial charge in [0.2, 0.25) is 0 Å². The van der Waals surface area contributed by atoms with Crippen LogP contribution in [0.15, 0.2) is 34.8 Å². The van der Waals surface area contributed by atoms with Gasteiger partial charge in [-0.15, -0.1) is 10.2 Å². The Morgan fingerprint density at radius 2 is 2.00 bits per heavy atom. The summed E-state index contributed by atoms with van der Waals surface area (Å²) in [6, 6.07) is 7.98. The van der Waals surface area contributed by atoms with E-state index >= 15 is 0 Å². The van der Waals surface area contributed by atoms with Gasteiger partial charge < -0.3 is 10.5 Å². The maximum absolute atomic E-state index is 5.92. The summed E-state index contributed by atoms with van der Waals surface area (Å²) >= 11 is 3.12. The van der Waals surface area contributed by atoms with E-state index in [2.05, 4.69) is 20.2 Å². The lowest BCUT2D eigenvalue weighted by Gasteiger charge is -2.01. The number of aromatic nitrogens is 4. The lowest BCUT2D eigenvalue weighted by molar-refractivity contribution is 0.414. The zero-order valence-corrected chi connectivity index (χ0v) is 14.3. The molecular formula is C15H15N5OS2. The van der Waals surface area contributed by atoms with Crippen LogP contribution in [0.25, 0.3) is 10.6 Å². The Morgan fingerprint density at radius 3 is 2.70 bits per heavy atom. The van der Waals surface area contributed by atoms with E-state index in [9.17, 15) is 0 Å². The first-order chi connectivity index (χ1) is 11.2. The van der Waals surface area contributed by atoms with Gasteiger partial charge in [-0.1, -0.05) is 35.2 Å². The Labute approximate surface area is 142 Å². The number of nitrogens with two attached hydrogens (primary N) is 1. The van der Waals surface area contributed by atoms with Gasteiger partial charge in [0.05, 0.1) is 12.7 Å². The molecule has 2 aromatic heterocycles. The molecule has 0 radical (unpaired) electrons. The van der Waals surface area contributed by atoms with E-state index in [0.29, 0.717) is 11.6 Å². The standard InChI is InChI=1S/C15H15N5OS2/c1-9-17-7-12(13(16)18-9)14-19-20-15(23-14)22-8-10-3-5-11(21-2)6-4-10/h3-7H,8H2,1-2H3,(H2,16,17,18). The molecule has 0 aliphatic rings. The monoisotopic (exact) mass is 345 g/mol. The highest BCUT2D eigenvalue weighted by Gasteiger charge is 2.12. The first-order valence-electron chi connectivity index (χ1n) is 6.84. The van der Waals surface area contributed by atoms with Crippen molar-refractivity contribution in [2.45, 2.75) is 17.0 Å². The molecule has 3 rings (SSSR count). The van der Waals surface area contributed by atoms with Crippen LogP contribution in [-0.4, -0.2) is 27.3 Å². The number of nitrogens with zero attached hydrogens (tertiary/aromatic N) is 4. The van der Waals surface area contributed by atoms with E-state index in [4.69, 9.17) is 10.5 Å². The second kappa shape index (κ2) is 6.93. The molecule has 0 aliphatic carbocycles. The number of hydrogen-bond donors (Lipinski definition) is 1. The van der Waals surface area contributed by atoms with Gasteiger partial charge in [0, 0.05) is 11.9 Å². The summed E-state index contributed by atoms with van der Waals surface area (Å²) < 4.78 is 6.04. The number of aryl methyl sites for hydroxylation is 1. The number of nitrogen functional groups attached to an aromatic ring is 1. The highest BCUT2D eigenvalue weighted by atomic mass is 32.2. The Morgan fingerprint density at radius 1 is 1.22 bits per heavy atom. The Bertz CT molecular complexity index is 804. The minimum atomic E-state index is 0.431. The molecule has 0 bridgehead atoms. The molecule has 2 heterocycles. The van der Waals surface area contributed by atoms with Crippen molar-refractivity contribution in [3.63, 3.8) is 0 Å². The molecule has 0 atom stereocenters. The van der Waals surface area contributed by atoms with E-state index in [1.54, 1.807) is 32.0 Å². The molecule has 23 heavy (non-hydrogen) atoms. The second-order valence-electron chi connectivity index (χ2n) is 4.73. The van der Waals surface area contributed by atoms with Gasteiger partial charge in [-0.2, -0.15) is 0 Å². The van der Waals surface area contributed by atoms with E-state index < -0.39 is 0 Å². The smallest absolute Gasteiger partial charge is 0.174 e. The van der Waals surface area contributed by atoms with Gasteiger partial charge in [0.25, 0.3) is 0 Å². The average Bonchev–Trinajstić information content (AvgIpc) is 3.02. The van der Waals surface area contributed by atoms with Crippen LogP contribution >= 0.6 is 23.1 Å². The van der Waals surface area contributed by atoms with Crippen molar-refractivity contribution >= 4 is 28.9 Å². The molecule has 0 saturated carbocycles. The summed E-state index contributed by atoms with van der Waals surface area (Å²) in [6.45, 7) is 1.80. The predicted molar refractivity (Wildman–Crippen MR) is 92.6 cm³/mol. The number of anilines is 1. The summed E-state index contributed by atoms with van der Waals surface area (Å²) in [7, 11) is 1.66. The van der Waals surface area contributed by atoms with Gasteiger partial charge in [0.1, 0.15) is 17.4 Å². The molecule has 0 spiro atoms. The summed E-state index contributed by atoms with van der Waals surface area (Å²) in [5.74, 6) is 2.75. The average molecular weight is 345 g/mol. The summed E-state index contributed by atoms with van der Waals surface area (Å²) in [6.07, 6.45) is 1.69. The second-order valence-corrected chi connectivity index (χ2v) is 6.93. The quantitative estimate of drug-likeness (QED) is 0.711. The number of methoxy groups -OCH3 is 1. The normalized spacial score (nSPS) is 10.7. The van der Waals surface area contributed by atoms with Gasteiger partial charge in [-0.25, -0.2) is 9.97 Å². The fourth-order valence-electron chi connectivity index (χ4n) is 1.90. The third kappa shape index (κ3) is 3.77. The zero-order chi connectivity index (χ0) is 16.2. The van der Waals surface area contributed by atoms with Gasteiger partial charge in [-0.3, -0.25) is 0 Å². The summed E-state index contributed by atoms with van der Waals surface area (Å²) in [5, 5.41) is 9.12. The van der Waals surface area contributed by atoms with Crippen LogP contribution < -0.4 is 10.5 Å². The van der Waals surface area contributed by atoms with Crippen LogP contribution in [0.2, 0.25) is 0 Å². The molecule has 6 nitrogen and oxygen atoms in total. The van der Waals surface area contributed by atoms with Crippen LogP contribution in [0.1, 0.15) is 11.4 Å². The number of hydrogen-bond acceptors (Lipinski definition) is 8. The van der Waals surface area contributed by atoms with Crippen molar-refractivity contribution < 1.29 is 4.74 Å². The summed E-state index contributed by atoms with van der Waals surface area (Å²) in [4.78, 5) is 8.32. The van der Waals surface area contributed by atoms with E-state index in [0.717, 1.165) is 26.4 Å². The zero-order valence-electron chi connectivity index (χ0n) is 12.7. The maximum atomic E-state index is 5.92.